The number of hydrogen-bond donors (Lipinski definition) is 2. The van der Waals surface area contributed by atoms with Gasteiger partial charge in [-0.25, -0.2) is 0 Å². The normalized spacial score (nSPS) is 13.4. The summed E-state index contributed by atoms with van der Waals surface area (Å²) in [5.74, 6) is 0.611. The fourth-order valence-electron chi connectivity index (χ4n) is 2.74. The van der Waals surface area contributed by atoms with E-state index in [0.717, 1.165) is 24.8 Å². The Morgan fingerprint density at radius 1 is 1.08 bits per heavy atom. The van der Waals surface area contributed by atoms with E-state index in [-0.39, 0.29) is 12.3 Å². The van der Waals surface area contributed by atoms with Crippen LogP contribution >= 0.6 is 0 Å². The van der Waals surface area contributed by atoms with Gasteiger partial charge in [-0.15, -0.1) is 0 Å². The maximum Gasteiger partial charge on any atom is 0.303 e. The van der Waals surface area contributed by atoms with Gasteiger partial charge < -0.3 is 19.9 Å². The smallest absolute Gasteiger partial charge is 0.303 e. The quantitative estimate of drug-likeness (QED) is 0.670. The van der Waals surface area contributed by atoms with Crippen molar-refractivity contribution in [3.05, 3.63) is 23.8 Å². The first-order valence-electron chi connectivity index (χ1n) is 8.81. The van der Waals surface area contributed by atoms with Gasteiger partial charge in [0.1, 0.15) is 13.2 Å². The van der Waals surface area contributed by atoms with Crippen LogP contribution in [-0.4, -0.2) is 36.7 Å². The van der Waals surface area contributed by atoms with E-state index < -0.39 is 11.4 Å². The molecule has 0 aromatic heterocycles. The van der Waals surface area contributed by atoms with Gasteiger partial charge in [0.15, 0.2) is 11.5 Å². The Hall–Kier alpha value is -2.24. The van der Waals surface area contributed by atoms with Crippen molar-refractivity contribution in [1.82, 2.24) is 5.32 Å². The molecule has 0 radical (unpaired) electrons. The van der Waals surface area contributed by atoms with E-state index in [1.54, 1.807) is 0 Å². The molecule has 0 aliphatic carbocycles. The Kier molecular flexibility index (Phi) is 6.67. The highest BCUT2D eigenvalue weighted by Gasteiger charge is 2.30. The molecule has 1 heterocycles. The van der Waals surface area contributed by atoms with E-state index >= 15 is 0 Å². The molecule has 1 aliphatic rings. The summed E-state index contributed by atoms with van der Waals surface area (Å²) in [5, 5.41) is 11.6. The van der Waals surface area contributed by atoms with Gasteiger partial charge in [-0.05, 0) is 44.4 Å². The maximum absolute atomic E-state index is 12.6. The molecular weight excluding hydrogens is 322 g/mol. The zero-order valence-electron chi connectivity index (χ0n) is 15.0. The molecule has 6 heteroatoms. The number of unbranched alkanes of at least 4 members (excludes halogenated alkanes) is 3. The molecule has 0 spiro atoms. The lowest BCUT2D eigenvalue weighted by molar-refractivity contribution is -0.137. The van der Waals surface area contributed by atoms with Crippen LogP contribution in [0, 0.1) is 0 Å². The van der Waals surface area contributed by atoms with Gasteiger partial charge in [0, 0.05) is 13.0 Å². The fourth-order valence-corrected chi connectivity index (χ4v) is 2.74. The monoisotopic (exact) mass is 349 g/mol. The minimum atomic E-state index is -0.755. The number of benzene rings is 1. The number of carboxylic acids is 1. The third-order valence-electron chi connectivity index (χ3n) is 4.43. The lowest BCUT2D eigenvalue weighted by Crippen LogP contribution is -2.40. The van der Waals surface area contributed by atoms with E-state index in [0.29, 0.717) is 37.7 Å². The summed E-state index contributed by atoms with van der Waals surface area (Å²) < 4.78 is 11.1. The number of aliphatic carboxylic acids is 1. The van der Waals surface area contributed by atoms with E-state index in [1.165, 1.54) is 0 Å². The summed E-state index contributed by atoms with van der Waals surface area (Å²) in [5.41, 5.74) is 0.217. The zero-order valence-corrected chi connectivity index (χ0v) is 15.0. The van der Waals surface area contributed by atoms with Crippen LogP contribution < -0.4 is 14.8 Å². The molecule has 2 rings (SSSR count). The van der Waals surface area contributed by atoms with Crippen molar-refractivity contribution in [2.75, 3.05) is 19.8 Å². The number of carbonyl (C=O) groups is 2. The van der Waals surface area contributed by atoms with Crippen molar-refractivity contribution in [3.63, 3.8) is 0 Å². The first kappa shape index (κ1) is 19.1. The number of hydrogen-bond acceptors (Lipinski definition) is 4. The van der Waals surface area contributed by atoms with Crippen LogP contribution in [-0.2, 0) is 15.0 Å². The van der Waals surface area contributed by atoms with Crippen LogP contribution in [0.25, 0.3) is 0 Å². The number of rotatable bonds is 9. The van der Waals surface area contributed by atoms with E-state index in [9.17, 15) is 9.59 Å². The first-order chi connectivity index (χ1) is 11.9. The molecule has 2 N–H and O–H groups in total. The van der Waals surface area contributed by atoms with Gasteiger partial charge in [-0.1, -0.05) is 18.9 Å². The molecule has 0 atom stereocenters. The van der Waals surface area contributed by atoms with Crippen molar-refractivity contribution in [1.29, 1.82) is 0 Å². The molecule has 0 unspecified atom stereocenters. The molecule has 138 valence electrons. The van der Waals surface area contributed by atoms with Gasteiger partial charge in [0.05, 0.1) is 5.41 Å². The zero-order chi connectivity index (χ0) is 18.3. The molecular formula is C19H27NO5. The summed E-state index contributed by atoms with van der Waals surface area (Å²) in [4.78, 5) is 23.0. The lowest BCUT2D eigenvalue weighted by Gasteiger charge is -2.26. The number of amides is 1. The number of ether oxygens (including phenoxy) is 2. The summed E-state index contributed by atoms with van der Waals surface area (Å²) in [7, 11) is 0. The molecule has 1 aromatic rings. The Balaban J connectivity index is 1.80. The summed E-state index contributed by atoms with van der Waals surface area (Å²) >= 11 is 0. The highest BCUT2D eigenvalue weighted by atomic mass is 16.6. The van der Waals surface area contributed by atoms with Crippen LogP contribution in [0.2, 0.25) is 0 Å². The molecule has 0 fully saturated rings. The molecule has 1 aromatic carbocycles. The fraction of sp³-hybridized carbons (Fsp3) is 0.579. The average molecular weight is 349 g/mol. The predicted molar refractivity (Wildman–Crippen MR) is 94.2 cm³/mol. The highest BCUT2D eigenvalue weighted by molar-refractivity contribution is 5.87. The summed E-state index contributed by atoms with van der Waals surface area (Å²) in [6.07, 6.45) is 3.53. The maximum atomic E-state index is 12.6. The number of fused-ring (bicyclic) bond motifs is 1. The Morgan fingerprint density at radius 3 is 2.48 bits per heavy atom. The van der Waals surface area contributed by atoms with Gasteiger partial charge in [-0.2, -0.15) is 0 Å². The molecule has 6 nitrogen and oxygen atoms in total. The van der Waals surface area contributed by atoms with Gasteiger partial charge in [-0.3, -0.25) is 9.59 Å². The van der Waals surface area contributed by atoms with E-state index in [4.69, 9.17) is 14.6 Å². The second-order valence-corrected chi connectivity index (χ2v) is 6.80. The molecule has 1 amide bonds. The topological polar surface area (TPSA) is 84.9 Å². The average Bonchev–Trinajstić information content (AvgIpc) is 2.59. The van der Waals surface area contributed by atoms with Crippen LogP contribution in [0.15, 0.2) is 18.2 Å². The molecule has 25 heavy (non-hydrogen) atoms. The van der Waals surface area contributed by atoms with E-state index in [1.807, 2.05) is 32.0 Å². The molecule has 0 bridgehead atoms. The predicted octanol–water partition coefficient (Wildman–Crippen LogP) is 2.89. The third kappa shape index (κ3) is 5.37. The van der Waals surface area contributed by atoms with Crippen molar-refractivity contribution in [2.24, 2.45) is 0 Å². The largest absolute Gasteiger partial charge is 0.486 e. The number of nitrogens with one attached hydrogen (secondary N) is 1. The Morgan fingerprint density at radius 2 is 1.76 bits per heavy atom. The molecule has 1 aliphatic heterocycles. The minimum Gasteiger partial charge on any atom is -0.486 e. The van der Waals surface area contributed by atoms with Crippen LogP contribution in [0.1, 0.15) is 51.5 Å². The number of carboxylic acid groups (broad SMARTS) is 1. The lowest BCUT2D eigenvalue weighted by atomic mass is 9.83. The molecule has 0 saturated heterocycles. The van der Waals surface area contributed by atoms with Gasteiger partial charge >= 0.3 is 5.97 Å². The van der Waals surface area contributed by atoms with Crippen LogP contribution in [0.4, 0.5) is 0 Å². The second-order valence-electron chi connectivity index (χ2n) is 6.80. The SMILES string of the molecule is CC(C)(C(=O)NCCCCCCC(=O)O)c1ccc2c(c1)OCCO2. The highest BCUT2D eigenvalue weighted by Crippen LogP contribution is 2.35. The van der Waals surface area contributed by atoms with Crippen LogP contribution in [0.5, 0.6) is 11.5 Å². The summed E-state index contributed by atoms with van der Waals surface area (Å²) in [6.45, 7) is 5.44. The second kappa shape index (κ2) is 8.74. The van der Waals surface area contributed by atoms with Crippen molar-refractivity contribution in [2.45, 2.75) is 51.4 Å². The Labute approximate surface area is 148 Å². The van der Waals surface area contributed by atoms with E-state index in [2.05, 4.69) is 5.32 Å². The number of carbonyl (C=O) groups excluding carboxylic acids is 1. The Bertz CT molecular complexity index is 612. The van der Waals surface area contributed by atoms with Crippen molar-refractivity contribution in [3.8, 4) is 11.5 Å². The first-order valence-corrected chi connectivity index (χ1v) is 8.81. The minimum absolute atomic E-state index is 0.0327. The van der Waals surface area contributed by atoms with Crippen molar-refractivity contribution >= 4 is 11.9 Å². The van der Waals surface area contributed by atoms with Crippen LogP contribution in [0.3, 0.4) is 0 Å². The third-order valence-corrected chi connectivity index (χ3v) is 4.43. The molecule has 0 saturated carbocycles. The standard InChI is InChI=1S/C19H27NO5/c1-19(2,14-8-9-15-16(13-14)25-12-11-24-15)18(23)20-10-6-4-3-5-7-17(21)22/h8-9,13H,3-7,10-12H2,1-2H3,(H,20,23)(H,21,22). The van der Waals surface area contributed by atoms with Gasteiger partial charge in [0.25, 0.3) is 0 Å². The van der Waals surface area contributed by atoms with Gasteiger partial charge in [0.2, 0.25) is 5.91 Å². The summed E-state index contributed by atoms with van der Waals surface area (Å²) in [6, 6.07) is 5.63. The van der Waals surface area contributed by atoms with Crippen molar-refractivity contribution < 1.29 is 24.2 Å².